The standard InChI is InChI=1S/C16H21N3/c1-13-4-6-15(7-5-13)19(11-3-9-17)16-8-10-18-12-14(16)2/h4-8,10,12H,3,9,11,17H2,1-2H3. The molecule has 2 N–H and O–H groups in total. The molecule has 0 bridgehead atoms. The minimum absolute atomic E-state index is 0.701. The molecule has 0 aliphatic rings. The summed E-state index contributed by atoms with van der Waals surface area (Å²) in [6.07, 6.45) is 4.71. The van der Waals surface area contributed by atoms with Crippen molar-refractivity contribution in [1.29, 1.82) is 0 Å². The normalized spacial score (nSPS) is 10.5. The van der Waals surface area contributed by atoms with Crippen LogP contribution in [0.2, 0.25) is 0 Å². The van der Waals surface area contributed by atoms with E-state index in [4.69, 9.17) is 5.73 Å². The molecule has 0 amide bonds. The van der Waals surface area contributed by atoms with Gasteiger partial charge in [0, 0.05) is 30.3 Å². The monoisotopic (exact) mass is 255 g/mol. The van der Waals surface area contributed by atoms with Crippen LogP contribution in [0.5, 0.6) is 0 Å². The van der Waals surface area contributed by atoms with E-state index in [0.717, 1.165) is 13.0 Å². The number of benzene rings is 1. The van der Waals surface area contributed by atoms with E-state index in [2.05, 4.69) is 54.1 Å². The van der Waals surface area contributed by atoms with Gasteiger partial charge in [-0.05, 0) is 50.6 Å². The SMILES string of the molecule is Cc1ccc(N(CCCN)c2ccncc2C)cc1. The number of aromatic nitrogens is 1. The van der Waals surface area contributed by atoms with Gasteiger partial charge in [-0.15, -0.1) is 0 Å². The molecule has 0 unspecified atom stereocenters. The van der Waals surface area contributed by atoms with E-state index < -0.39 is 0 Å². The summed E-state index contributed by atoms with van der Waals surface area (Å²) in [6, 6.07) is 10.7. The first kappa shape index (κ1) is 13.6. The summed E-state index contributed by atoms with van der Waals surface area (Å²) in [5, 5.41) is 0. The van der Waals surface area contributed by atoms with Crippen molar-refractivity contribution >= 4 is 11.4 Å². The Kier molecular flexibility index (Phi) is 4.53. The third-order valence-corrected chi connectivity index (χ3v) is 3.21. The number of pyridine rings is 1. The maximum absolute atomic E-state index is 5.66. The molecule has 100 valence electrons. The molecule has 0 aliphatic carbocycles. The number of aryl methyl sites for hydroxylation is 2. The predicted octanol–water partition coefficient (Wildman–Crippen LogP) is 3.19. The number of anilines is 2. The van der Waals surface area contributed by atoms with Gasteiger partial charge in [0.1, 0.15) is 0 Å². The van der Waals surface area contributed by atoms with E-state index in [1.165, 1.54) is 22.5 Å². The van der Waals surface area contributed by atoms with Gasteiger partial charge in [-0.1, -0.05) is 17.7 Å². The minimum Gasteiger partial charge on any atom is -0.341 e. The lowest BCUT2D eigenvalue weighted by Crippen LogP contribution is -2.21. The highest BCUT2D eigenvalue weighted by Crippen LogP contribution is 2.27. The Hall–Kier alpha value is -1.87. The second kappa shape index (κ2) is 6.34. The molecule has 3 nitrogen and oxygen atoms in total. The van der Waals surface area contributed by atoms with Gasteiger partial charge in [-0.3, -0.25) is 4.98 Å². The smallest absolute Gasteiger partial charge is 0.0471 e. The van der Waals surface area contributed by atoms with Gasteiger partial charge in [-0.25, -0.2) is 0 Å². The minimum atomic E-state index is 0.701. The fraction of sp³-hybridized carbons (Fsp3) is 0.312. The van der Waals surface area contributed by atoms with Crippen LogP contribution in [0.1, 0.15) is 17.5 Å². The van der Waals surface area contributed by atoms with Gasteiger partial charge in [0.25, 0.3) is 0 Å². The van der Waals surface area contributed by atoms with Gasteiger partial charge in [0.2, 0.25) is 0 Å². The lowest BCUT2D eigenvalue weighted by atomic mass is 10.1. The van der Waals surface area contributed by atoms with Crippen LogP contribution >= 0.6 is 0 Å². The Morgan fingerprint density at radius 3 is 2.47 bits per heavy atom. The number of hydrogen-bond donors (Lipinski definition) is 1. The third kappa shape index (κ3) is 3.32. The Balaban J connectivity index is 2.35. The highest BCUT2D eigenvalue weighted by molar-refractivity contribution is 5.65. The summed E-state index contributed by atoms with van der Waals surface area (Å²) in [6.45, 7) is 5.81. The summed E-state index contributed by atoms with van der Waals surface area (Å²) in [7, 11) is 0. The van der Waals surface area contributed by atoms with Crippen LogP contribution in [0.15, 0.2) is 42.7 Å². The van der Waals surface area contributed by atoms with Crippen molar-refractivity contribution in [3.8, 4) is 0 Å². The molecular weight excluding hydrogens is 234 g/mol. The van der Waals surface area contributed by atoms with E-state index in [9.17, 15) is 0 Å². The van der Waals surface area contributed by atoms with Crippen molar-refractivity contribution in [2.24, 2.45) is 5.73 Å². The average molecular weight is 255 g/mol. The molecule has 0 saturated heterocycles. The second-order valence-electron chi connectivity index (χ2n) is 4.79. The zero-order valence-electron chi connectivity index (χ0n) is 11.6. The van der Waals surface area contributed by atoms with E-state index in [-0.39, 0.29) is 0 Å². The molecule has 3 heteroatoms. The molecule has 0 saturated carbocycles. The number of hydrogen-bond acceptors (Lipinski definition) is 3. The van der Waals surface area contributed by atoms with Gasteiger partial charge >= 0.3 is 0 Å². The zero-order valence-corrected chi connectivity index (χ0v) is 11.6. The first-order valence-corrected chi connectivity index (χ1v) is 6.67. The number of nitrogens with zero attached hydrogens (tertiary/aromatic N) is 2. The first-order chi connectivity index (χ1) is 9.22. The van der Waals surface area contributed by atoms with E-state index >= 15 is 0 Å². The molecule has 0 spiro atoms. The average Bonchev–Trinajstić information content (AvgIpc) is 2.43. The molecule has 0 aliphatic heterocycles. The molecule has 0 radical (unpaired) electrons. The lowest BCUT2D eigenvalue weighted by molar-refractivity contribution is 0.815. The highest BCUT2D eigenvalue weighted by atomic mass is 15.1. The zero-order chi connectivity index (χ0) is 13.7. The molecule has 2 aromatic rings. The third-order valence-electron chi connectivity index (χ3n) is 3.21. The summed E-state index contributed by atoms with van der Waals surface area (Å²) in [4.78, 5) is 6.47. The summed E-state index contributed by atoms with van der Waals surface area (Å²) >= 11 is 0. The molecule has 0 fully saturated rings. The molecule has 2 rings (SSSR count). The van der Waals surface area contributed by atoms with Crippen LogP contribution in [-0.4, -0.2) is 18.1 Å². The molecule has 0 atom stereocenters. The van der Waals surface area contributed by atoms with E-state index in [0.29, 0.717) is 6.54 Å². The van der Waals surface area contributed by atoms with Crippen molar-refractivity contribution in [3.05, 3.63) is 53.9 Å². The summed E-state index contributed by atoms with van der Waals surface area (Å²) < 4.78 is 0. The van der Waals surface area contributed by atoms with Crippen molar-refractivity contribution in [2.75, 3.05) is 18.0 Å². The van der Waals surface area contributed by atoms with Crippen LogP contribution in [0, 0.1) is 13.8 Å². The first-order valence-electron chi connectivity index (χ1n) is 6.67. The number of nitrogens with two attached hydrogens (primary N) is 1. The molecule has 1 aromatic heterocycles. The molecule has 1 aromatic carbocycles. The Morgan fingerprint density at radius 1 is 1.11 bits per heavy atom. The maximum atomic E-state index is 5.66. The van der Waals surface area contributed by atoms with Crippen molar-refractivity contribution < 1.29 is 0 Å². The van der Waals surface area contributed by atoms with Crippen LogP contribution in [0.4, 0.5) is 11.4 Å². The van der Waals surface area contributed by atoms with Gasteiger partial charge < -0.3 is 10.6 Å². The van der Waals surface area contributed by atoms with Crippen molar-refractivity contribution in [2.45, 2.75) is 20.3 Å². The maximum Gasteiger partial charge on any atom is 0.0471 e. The van der Waals surface area contributed by atoms with Crippen molar-refractivity contribution in [3.63, 3.8) is 0 Å². The van der Waals surface area contributed by atoms with Crippen LogP contribution < -0.4 is 10.6 Å². The second-order valence-corrected chi connectivity index (χ2v) is 4.79. The number of rotatable bonds is 5. The van der Waals surface area contributed by atoms with Crippen LogP contribution in [-0.2, 0) is 0 Å². The van der Waals surface area contributed by atoms with Crippen LogP contribution in [0.3, 0.4) is 0 Å². The van der Waals surface area contributed by atoms with Crippen LogP contribution in [0.25, 0.3) is 0 Å². The van der Waals surface area contributed by atoms with E-state index in [1.807, 2.05) is 12.4 Å². The van der Waals surface area contributed by atoms with Gasteiger partial charge in [0.15, 0.2) is 0 Å². The predicted molar refractivity (Wildman–Crippen MR) is 80.8 cm³/mol. The quantitative estimate of drug-likeness (QED) is 0.892. The van der Waals surface area contributed by atoms with E-state index in [1.54, 1.807) is 0 Å². The van der Waals surface area contributed by atoms with Gasteiger partial charge in [-0.2, -0.15) is 0 Å². The van der Waals surface area contributed by atoms with Gasteiger partial charge in [0.05, 0.1) is 0 Å². The Bertz CT molecular complexity index is 520. The Labute approximate surface area is 115 Å². The highest BCUT2D eigenvalue weighted by Gasteiger charge is 2.10. The van der Waals surface area contributed by atoms with Crippen molar-refractivity contribution in [1.82, 2.24) is 4.98 Å². The lowest BCUT2D eigenvalue weighted by Gasteiger charge is -2.26. The molecule has 19 heavy (non-hydrogen) atoms. The molecular formula is C16H21N3. The fourth-order valence-corrected chi connectivity index (χ4v) is 2.13. The topological polar surface area (TPSA) is 42.1 Å². The summed E-state index contributed by atoms with van der Waals surface area (Å²) in [5.41, 5.74) is 10.5. The Morgan fingerprint density at radius 2 is 1.84 bits per heavy atom. The largest absolute Gasteiger partial charge is 0.341 e. The molecule has 1 heterocycles. The summed E-state index contributed by atoms with van der Waals surface area (Å²) in [5.74, 6) is 0. The fourth-order valence-electron chi connectivity index (χ4n) is 2.13.